The smallest absolute Gasteiger partial charge is 0.250 e. The van der Waals surface area contributed by atoms with Crippen molar-refractivity contribution in [1.82, 2.24) is 15.4 Å². The monoisotopic (exact) mass is 490 g/mol. The molecule has 7 nitrogen and oxygen atoms in total. The third-order valence-electron chi connectivity index (χ3n) is 3.15. The lowest BCUT2D eigenvalue weighted by molar-refractivity contribution is 0.0268. The van der Waals surface area contributed by atoms with Crippen LogP contribution in [-0.2, 0) is 14.8 Å². The van der Waals surface area contributed by atoms with E-state index in [0.29, 0.717) is 23.3 Å². The number of methoxy groups -OCH3 is 1. The van der Waals surface area contributed by atoms with Crippen LogP contribution in [0.15, 0.2) is 21.3 Å². The summed E-state index contributed by atoms with van der Waals surface area (Å²) < 4.78 is 32.3. The topological polar surface area (TPSA) is 91.8 Å². The van der Waals surface area contributed by atoms with Crippen molar-refractivity contribution < 1.29 is 13.2 Å². The van der Waals surface area contributed by atoms with Gasteiger partial charge < -0.3 is 15.4 Å². The van der Waals surface area contributed by atoms with Crippen LogP contribution in [0, 0.1) is 6.92 Å². The van der Waals surface area contributed by atoms with Crippen molar-refractivity contribution in [3.05, 3.63) is 17.0 Å². The molecule has 1 aromatic rings. The first-order valence-corrected chi connectivity index (χ1v) is 9.56. The molecule has 0 unspecified atom stereocenters. The highest BCUT2D eigenvalue weighted by Gasteiger charge is 2.17. The van der Waals surface area contributed by atoms with Gasteiger partial charge in [0.25, 0.3) is 0 Å². The van der Waals surface area contributed by atoms with Crippen LogP contribution in [0.5, 0.6) is 0 Å². The van der Waals surface area contributed by atoms with Crippen molar-refractivity contribution in [2.75, 3.05) is 33.8 Å². The quantitative estimate of drug-likeness (QED) is 0.223. The van der Waals surface area contributed by atoms with Crippen molar-refractivity contribution in [1.29, 1.82) is 0 Å². The summed E-state index contributed by atoms with van der Waals surface area (Å²) in [4.78, 5) is 5.05. The lowest BCUT2D eigenvalue weighted by atomic mass is 10.1. The number of hydrogen-bond acceptors (Lipinski definition) is 5. The van der Waals surface area contributed by atoms with Gasteiger partial charge in [-0.15, -0.1) is 35.3 Å². The first kappa shape index (κ1) is 23.6. The molecule has 3 N–H and O–H groups in total. The summed E-state index contributed by atoms with van der Waals surface area (Å²) in [6.45, 7) is 7.09. The number of guanidine groups is 1. The molecule has 0 amide bonds. The molecule has 0 aliphatic carbocycles. The van der Waals surface area contributed by atoms with Crippen LogP contribution in [0.4, 0.5) is 0 Å². The van der Waals surface area contributed by atoms with Crippen molar-refractivity contribution >= 4 is 51.3 Å². The van der Waals surface area contributed by atoms with E-state index < -0.39 is 10.0 Å². The van der Waals surface area contributed by atoms with Crippen molar-refractivity contribution in [2.24, 2.45) is 4.99 Å². The highest BCUT2D eigenvalue weighted by atomic mass is 127. The van der Waals surface area contributed by atoms with E-state index in [1.54, 1.807) is 26.3 Å². The molecule has 0 spiro atoms. The van der Waals surface area contributed by atoms with Gasteiger partial charge in [0.2, 0.25) is 10.0 Å². The fourth-order valence-electron chi connectivity index (χ4n) is 1.58. The molecule has 1 heterocycles. The van der Waals surface area contributed by atoms with Gasteiger partial charge in [0.15, 0.2) is 5.96 Å². The Morgan fingerprint density at radius 2 is 1.96 bits per heavy atom. The molecular weight excluding hydrogens is 463 g/mol. The molecule has 0 aliphatic rings. The average molecular weight is 490 g/mol. The van der Waals surface area contributed by atoms with E-state index >= 15 is 0 Å². The second-order valence-electron chi connectivity index (χ2n) is 5.58. The Kier molecular flexibility index (Phi) is 10.3. The average Bonchev–Trinajstić information content (AvgIpc) is 2.94. The predicted octanol–water partition coefficient (Wildman–Crippen LogP) is 1.54. The summed E-state index contributed by atoms with van der Waals surface area (Å²) in [5, 5.41) is 6.19. The maximum atomic E-state index is 12.1. The van der Waals surface area contributed by atoms with E-state index in [1.165, 1.54) is 11.3 Å². The Hall–Kier alpha value is -0.430. The molecule has 0 atom stereocenters. The highest BCUT2D eigenvalue weighted by molar-refractivity contribution is 14.0. The zero-order valence-electron chi connectivity index (χ0n) is 14.7. The number of ether oxygens (including phenoxy) is 1. The van der Waals surface area contributed by atoms with E-state index in [4.69, 9.17) is 4.74 Å². The lowest BCUT2D eigenvalue weighted by Gasteiger charge is -2.24. The minimum atomic E-state index is -3.44. The van der Waals surface area contributed by atoms with Gasteiger partial charge in [-0.25, -0.2) is 13.1 Å². The Bertz CT molecular complexity index is 630. The summed E-state index contributed by atoms with van der Waals surface area (Å²) in [7, 11) is -0.123. The van der Waals surface area contributed by atoms with Crippen LogP contribution in [-0.4, -0.2) is 53.8 Å². The minimum Gasteiger partial charge on any atom is -0.377 e. The number of rotatable bonds is 8. The van der Waals surface area contributed by atoms with Gasteiger partial charge in [-0.2, -0.15) is 0 Å². The number of sulfonamides is 1. The predicted molar refractivity (Wildman–Crippen MR) is 110 cm³/mol. The van der Waals surface area contributed by atoms with Gasteiger partial charge in [0, 0.05) is 38.7 Å². The normalized spacial score (nSPS) is 12.6. The van der Waals surface area contributed by atoms with Crippen LogP contribution in [0.1, 0.15) is 18.7 Å². The van der Waals surface area contributed by atoms with Gasteiger partial charge >= 0.3 is 0 Å². The van der Waals surface area contributed by atoms with E-state index in [2.05, 4.69) is 20.3 Å². The van der Waals surface area contributed by atoms with E-state index in [9.17, 15) is 8.42 Å². The SMILES string of the molecule is CN=C(NCCNS(=O)(=O)c1ccc(C)s1)NCC(C)(C)OC.I. The Labute approximate surface area is 165 Å². The molecule has 0 saturated heterocycles. The first-order chi connectivity index (χ1) is 10.7. The third kappa shape index (κ3) is 8.10. The molecule has 1 rings (SSSR count). The zero-order chi connectivity index (χ0) is 17.5. The van der Waals surface area contributed by atoms with Gasteiger partial charge in [-0.05, 0) is 32.9 Å². The fourth-order valence-corrected chi connectivity index (χ4v) is 3.94. The number of aryl methyl sites for hydroxylation is 1. The first-order valence-electron chi connectivity index (χ1n) is 7.26. The number of halogens is 1. The molecule has 0 saturated carbocycles. The second kappa shape index (κ2) is 10.5. The highest BCUT2D eigenvalue weighted by Crippen LogP contribution is 2.19. The van der Waals surface area contributed by atoms with Gasteiger partial charge in [0.05, 0.1) is 5.60 Å². The molecule has 10 heteroatoms. The maximum absolute atomic E-state index is 12.1. The van der Waals surface area contributed by atoms with E-state index in [1.807, 2.05) is 20.8 Å². The Balaban J connectivity index is 0.00000529. The van der Waals surface area contributed by atoms with Crippen molar-refractivity contribution in [3.63, 3.8) is 0 Å². The Morgan fingerprint density at radius 3 is 2.46 bits per heavy atom. The van der Waals surface area contributed by atoms with Crippen molar-refractivity contribution in [3.8, 4) is 0 Å². The van der Waals surface area contributed by atoms with Gasteiger partial charge in [-0.3, -0.25) is 4.99 Å². The Morgan fingerprint density at radius 1 is 1.29 bits per heavy atom. The fraction of sp³-hybridized carbons (Fsp3) is 0.643. The standard InChI is InChI=1S/C14H26N4O3S2.HI/c1-11-6-7-12(22-11)23(19,20)18-9-8-16-13(15-4)17-10-14(2,3)21-5;/h6-7,18H,8-10H2,1-5H3,(H2,15,16,17);1H. The summed E-state index contributed by atoms with van der Waals surface area (Å²) in [6.07, 6.45) is 0. The third-order valence-corrected chi connectivity index (χ3v) is 6.10. The second-order valence-corrected chi connectivity index (χ2v) is 8.86. The maximum Gasteiger partial charge on any atom is 0.250 e. The molecule has 24 heavy (non-hydrogen) atoms. The molecule has 0 aromatic carbocycles. The lowest BCUT2D eigenvalue weighted by Crippen LogP contribution is -2.46. The molecule has 0 fully saturated rings. The van der Waals surface area contributed by atoms with Crippen LogP contribution < -0.4 is 15.4 Å². The van der Waals surface area contributed by atoms with E-state index in [0.717, 1.165) is 4.88 Å². The summed E-state index contributed by atoms with van der Waals surface area (Å²) in [5.41, 5.74) is -0.309. The largest absolute Gasteiger partial charge is 0.377 e. The molecular formula is C14H27IN4O3S2. The number of aliphatic imine (C=N–C) groups is 1. The molecule has 0 aliphatic heterocycles. The van der Waals surface area contributed by atoms with Crippen molar-refractivity contribution in [2.45, 2.75) is 30.6 Å². The van der Waals surface area contributed by atoms with Gasteiger partial charge in [0.1, 0.15) is 4.21 Å². The number of hydrogen-bond donors (Lipinski definition) is 3. The van der Waals surface area contributed by atoms with E-state index in [-0.39, 0.29) is 36.1 Å². The summed E-state index contributed by atoms with van der Waals surface area (Å²) in [6, 6.07) is 3.41. The van der Waals surface area contributed by atoms with Crippen LogP contribution in [0.25, 0.3) is 0 Å². The molecule has 0 bridgehead atoms. The molecule has 0 radical (unpaired) electrons. The molecule has 140 valence electrons. The van der Waals surface area contributed by atoms with Gasteiger partial charge in [-0.1, -0.05) is 0 Å². The number of nitrogens with zero attached hydrogens (tertiary/aromatic N) is 1. The molecule has 1 aromatic heterocycles. The van der Waals surface area contributed by atoms with Crippen LogP contribution >= 0.6 is 35.3 Å². The summed E-state index contributed by atoms with van der Waals surface area (Å²) in [5.74, 6) is 0.598. The van der Waals surface area contributed by atoms with Crippen LogP contribution in [0.2, 0.25) is 0 Å². The minimum absolute atomic E-state index is 0. The zero-order valence-corrected chi connectivity index (χ0v) is 18.6. The van der Waals surface area contributed by atoms with Crippen LogP contribution in [0.3, 0.4) is 0 Å². The number of nitrogens with one attached hydrogen (secondary N) is 3. The number of thiophene rings is 1. The summed E-state index contributed by atoms with van der Waals surface area (Å²) >= 11 is 1.26.